The van der Waals surface area contributed by atoms with Gasteiger partial charge < -0.3 is 10.1 Å². The standard InChI is InChI=1S/C28H35N5O2/c1-35-17-16-32-19-24(21-10-4-2-5-11-21)26(20-32)29-28(34)30-27-18-25(22-12-8-9-13-22)31-33(27)23-14-6-3-7-15-23/h2-7,10-11,14-15,18,22,24,26H,8-9,12-13,16-17,19-20H2,1H3,(H2,29,30,34). The number of ether oxygens (including phenoxy) is 1. The molecule has 1 aromatic heterocycles. The molecule has 2 aliphatic rings. The summed E-state index contributed by atoms with van der Waals surface area (Å²) in [5.74, 6) is 1.41. The van der Waals surface area contributed by atoms with E-state index >= 15 is 0 Å². The van der Waals surface area contributed by atoms with Crippen molar-refractivity contribution in [3.63, 3.8) is 0 Å². The van der Waals surface area contributed by atoms with Crippen molar-refractivity contribution >= 4 is 11.8 Å². The van der Waals surface area contributed by atoms with Crippen molar-refractivity contribution in [1.29, 1.82) is 0 Å². The Hall–Kier alpha value is -3.16. The van der Waals surface area contributed by atoms with Crippen LogP contribution in [0.3, 0.4) is 0 Å². The van der Waals surface area contributed by atoms with E-state index in [1.54, 1.807) is 7.11 Å². The smallest absolute Gasteiger partial charge is 0.320 e. The van der Waals surface area contributed by atoms with Crippen LogP contribution in [0, 0.1) is 0 Å². The number of benzene rings is 2. The molecule has 5 rings (SSSR count). The normalized spacial score (nSPS) is 20.8. The third-order valence-corrected chi connectivity index (χ3v) is 7.30. The van der Waals surface area contributed by atoms with Gasteiger partial charge in [-0.05, 0) is 30.5 Å². The van der Waals surface area contributed by atoms with Crippen molar-refractivity contribution in [2.75, 3.05) is 38.7 Å². The van der Waals surface area contributed by atoms with Crippen LogP contribution in [0.25, 0.3) is 5.69 Å². The topological polar surface area (TPSA) is 71.4 Å². The minimum Gasteiger partial charge on any atom is -0.383 e. The summed E-state index contributed by atoms with van der Waals surface area (Å²) in [6.45, 7) is 3.22. The highest BCUT2D eigenvalue weighted by Gasteiger charge is 2.34. The third kappa shape index (κ3) is 5.57. The summed E-state index contributed by atoms with van der Waals surface area (Å²) in [6.07, 6.45) is 4.81. The summed E-state index contributed by atoms with van der Waals surface area (Å²) in [6, 6.07) is 22.3. The zero-order valence-electron chi connectivity index (χ0n) is 20.4. The van der Waals surface area contributed by atoms with Gasteiger partial charge in [-0.2, -0.15) is 5.10 Å². The number of likely N-dealkylation sites (tertiary alicyclic amines) is 1. The summed E-state index contributed by atoms with van der Waals surface area (Å²) >= 11 is 0. The van der Waals surface area contributed by atoms with E-state index in [1.807, 2.05) is 41.1 Å². The lowest BCUT2D eigenvalue weighted by Crippen LogP contribution is -2.42. The number of anilines is 1. The van der Waals surface area contributed by atoms with E-state index in [2.05, 4.69) is 45.9 Å². The molecule has 2 amide bonds. The van der Waals surface area contributed by atoms with Crippen LogP contribution < -0.4 is 10.6 Å². The number of methoxy groups -OCH3 is 1. The van der Waals surface area contributed by atoms with Gasteiger partial charge in [0.15, 0.2) is 0 Å². The first-order chi connectivity index (χ1) is 17.2. The second-order valence-electron chi connectivity index (χ2n) is 9.66. The number of hydrogen-bond acceptors (Lipinski definition) is 4. The van der Waals surface area contributed by atoms with Crippen LogP contribution in [-0.2, 0) is 4.74 Å². The van der Waals surface area contributed by atoms with Crippen molar-refractivity contribution < 1.29 is 9.53 Å². The van der Waals surface area contributed by atoms with Crippen LogP contribution >= 0.6 is 0 Å². The monoisotopic (exact) mass is 473 g/mol. The SMILES string of the molecule is COCCN1CC(NC(=O)Nc2cc(C3CCCC3)nn2-c2ccccc2)C(c2ccccc2)C1. The van der Waals surface area contributed by atoms with Crippen molar-refractivity contribution in [3.05, 3.63) is 78.0 Å². The van der Waals surface area contributed by atoms with Gasteiger partial charge in [0.1, 0.15) is 5.82 Å². The second-order valence-corrected chi connectivity index (χ2v) is 9.66. The average Bonchev–Trinajstić information content (AvgIpc) is 3.64. The van der Waals surface area contributed by atoms with Gasteiger partial charge in [0.25, 0.3) is 0 Å². The Bertz CT molecular complexity index is 1100. The quantitative estimate of drug-likeness (QED) is 0.495. The number of nitrogens with one attached hydrogen (secondary N) is 2. The van der Waals surface area contributed by atoms with Gasteiger partial charge in [0.05, 0.1) is 24.0 Å². The first-order valence-corrected chi connectivity index (χ1v) is 12.7. The Morgan fingerprint density at radius 3 is 2.46 bits per heavy atom. The summed E-state index contributed by atoms with van der Waals surface area (Å²) < 4.78 is 7.15. The number of nitrogens with zero attached hydrogens (tertiary/aromatic N) is 3. The lowest BCUT2D eigenvalue weighted by Gasteiger charge is -2.20. The van der Waals surface area contributed by atoms with Crippen LogP contribution in [-0.4, -0.2) is 60.1 Å². The van der Waals surface area contributed by atoms with Crippen molar-refractivity contribution in [2.45, 2.75) is 43.6 Å². The largest absolute Gasteiger partial charge is 0.383 e. The Labute approximate surface area is 207 Å². The first-order valence-electron chi connectivity index (χ1n) is 12.7. The molecule has 2 fully saturated rings. The van der Waals surface area contributed by atoms with Crippen LogP contribution in [0.1, 0.15) is 48.8 Å². The Balaban J connectivity index is 1.34. The van der Waals surface area contributed by atoms with E-state index in [9.17, 15) is 4.79 Å². The number of amides is 2. The van der Waals surface area contributed by atoms with Crippen molar-refractivity contribution in [2.24, 2.45) is 0 Å². The first kappa shape index (κ1) is 23.6. The second kappa shape index (κ2) is 11.1. The van der Waals surface area contributed by atoms with Gasteiger partial charge >= 0.3 is 6.03 Å². The highest BCUT2D eigenvalue weighted by Crippen LogP contribution is 2.35. The average molecular weight is 474 g/mol. The number of hydrogen-bond donors (Lipinski definition) is 2. The molecular weight excluding hydrogens is 438 g/mol. The molecular formula is C28H35N5O2. The summed E-state index contributed by atoms with van der Waals surface area (Å²) in [7, 11) is 1.73. The van der Waals surface area contributed by atoms with Crippen molar-refractivity contribution in [1.82, 2.24) is 20.0 Å². The predicted molar refractivity (Wildman–Crippen MR) is 138 cm³/mol. The molecule has 2 atom stereocenters. The fraction of sp³-hybridized carbons (Fsp3) is 0.429. The zero-order chi connectivity index (χ0) is 24.0. The lowest BCUT2D eigenvalue weighted by atomic mass is 9.94. The maximum Gasteiger partial charge on any atom is 0.320 e. The zero-order valence-corrected chi connectivity index (χ0v) is 20.4. The molecule has 2 aromatic carbocycles. The molecule has 2 N–H and O–H groups in total. The van der Waals surface area contributed by atoms with Crippen LogP contribution in [0.15, 0.2) is 66.7 Å². The number of para-hydroxylation sites is 1. The molecule has 1 saturated carbocycles. The number of aromatic nitrogens is 2. The summed E-state index contributed by atoms with van der Waals surface area (Å²) in [5.41, 5.74) is 3.26. The Morgan fingerprint density at radius 2 is 1.74 bits per heavy atom. The fourth-order valence-corrected chi connectivity index (χ4v) is 5.47. The number of carbonyl (C=O) groups excluding carboxylic acids is 1. The van der Waals surface area contributed by atoms with E-state index in [-0.39, 0.29) is 18.0 Å². The van der Waals surface area contributed by atoms with Gasteiger partial charge in [-0.25, -0.2) is 9.48 Å². The molecule has 2 unspecified atom stereocenters. The molecule has 7 nitrogen and oxygen atoms in total. The van der Waals surface area contributed by atoms with Crippen LogP contribution in [0.5, 0.6) is 0 Å². The van der Waals surface area contributed by atoms with Gasteiger partial charge in [-0.1, -0.05) is 61.4 Å². The highest BCUT2D eigenvalue weighted by molar-refractivity contribution is 5.89. The molecule has 7 heteroatoms. The van der Waals surface area contributed by atoms with Crippen molar-refractivity contribution in [3.8, 4) is 5.69 Å². The molecule has 0 bridgehead atoms. The van der Waals surface area contributed by atoms with Gasteiger partial charge in [-0.3, -0.25) is 10.2 Å². The minimum atomic E-state index is -0.195. The number of rotatable bonds is 8. The van der Waals surface area contributed by atoms with Crippen LogP contribution in [0.2, 0.25) is 0 Å². The molecule has 0 spiro atoms. The maximum absolute atomic E-state index is 13.3. The van der Waals surface area contributed by atoms with Gasteiger partial charge in [0, 0.05) is 44.6 Å². The lowest BCUT2D eigenvalue weighted by molar-refractivity contribution is 0.159. The molecule has 1 saturated heterocycles. The van der Waals surface area contributed by atoms with Gasteiger partial charge in [-0.15, -0.1) is 0 Å². The minimum absolute atomic E-state index is 0.0108. The highest BCUT2D eigenvalue weighted by atomic mass is 16.5. The summed E-state index contributed by atoms with van der Waals surface area (Å²) in [4.78, 5) is 15.6. The number of urea groups is 1. The maximum atomic E-state index is 13.3. The van der Waals surface area contributed by atoms with E-state index < -0.39 is 0 Å². The third-order valence-electron chi connectivity index (χ3n) is 7.30. The van der Waals surface area contributed by atoms with Gasteiger partial charge in [0.2, 0.25) is 0 Å². The molecule has 35 heavy (non-hydrogen) atoms. The van der Waals surface area contributed by atoms with E-state index in [0.29, 0.717) is 18.3 Å². The Morgan fingerprint density at radius 1 is 1.03 bits per heavy atom. The van der Waals surface area contributed by atoms with E-state index in [1.165, 1.54) is 18.4 Å². The molecule has 1 aliphatic carbocycles. The van der Waals surface area contributed by atoms with E-state index in [4.69, 9.17) is 9.84 Å². The molecule has 3 aromatic rings. The molecule has 0 radical (unpaired) electrons. The van der Waals surface area contributed by atoms with E-state index in [0.717, 1.165) is 43.9 Å². The summed E-state index contributed by atoms with van der Waals surface area (Å²) in [5, 5.41) is 11.3. The van der Waals surface area contributed by atoms with Crippen LogP contribution in [0.4, 0.5) is 10.6 Å². The number of carbonyl (C=O) groups is 1. The fourth-order valence-electron chi connectivity index (χ4n) is 5.47. The predicted octanol–water partition coefficient (Wildman–Crippen LogP) is 4.77. The Kier molecular flexibility index (Phi) is 7.45. The molecule has 2 heterocycles. The molecule has 1 aliphatic heterocycles. The molecule has 184 valence electrons.